The van der Waals surface area contributed by atoms with Crippen molar-refractivity contribution in [3.8, 4) is 5.69 Å². The van der Waals surface area contributed by atoms with E-state index in [0.717, 1.165) is 0 Å². The maximum absolute atomic E-state index is 10.6. The first-order valence-corrected chi connectivity index (χ1v) is 4.31. The van der Waals surface area contributed by atoms with E-state index in [1.807, 2.05) is 12.1 Å². The maximum Gasteiger partial charge on any atom is 0.201 e. The summed E-state index contributed by atoms with van der Waals surface area (Å²) in [7, 11) is 0. The van der Waals surface area contributed by atoms with Crippen LogP contribution in [0, 0.1) is 0 Å². The molecule has 0 bridgehead atoms. The number of para-hydroxylation sites is 1. The average Bonchev–Trinajstić information content (AvgIpc) is 2.66. The molecule has 2 rings (SSSR count). The zero-order chi connectivity index (χ0) is 9.97. The Balaban J connectivity index is 2.60. The van der Waals surface area contributed by atoms with Gasteiger partial charge in [-0.15, -0.1) is 10.2 Å². The van der Waals surface area contributed by atoms with Gasteiger partial charge in [0.25, 0.3) is 0 Å². The molecule has 1 heterocycles. The van der Waals surface area contributed by atoms with E-state index in [2.05, 4.69) is 10.2 Å². The lowest BCUT2D eigenvalue weighted by molar-refractivity contribution is 0.111. The van der Waals surface area contributed by atoms with E-state index in [4.69, 9.17) is 11.6 Å². The van der Waals surface area contributed by atoms with Crippen LogP contribution in [0.4, 0.5) is 0 Å². The zero-order valence-electron chi connectivity index (χ0n) is 7.09. The SMILES string of the molecule is O=Cc1nncn1-c1ccccc1Cl. The molecule has 5 heteroatoms. The first kappa shape index (κ1) is 8.90. The Bertz CT molecular complexity index is 467. The molecule has 0 aliphatic heterocycles. The number of halogens is 1. The van der Waals surface area contributed by atoms with Crippen LogP contribution in [0.25, 0.3) is 5.69 Å². The molecule has 1 aromatic carbocycles. The summed E-state index contributed by atoms with van der Waals surface area (Å²) in [5.74, 6) is 0.234. The first-order chi connectivity index (χ1) is 6.83. The van der Waals surface area contributed by atoms with Crippen LogP contribution >= 0.6 is 11.6 Å². The van der Waals surface area contributed by atoms with Gasteiger partial charge in [-0.1, -0.05) is 23.7 Å². The van der Waals surface area contributed by atoms with Crippen LogP contribution in [0.5, 0.6) is 0 Å². The Kier molecular flexibility index (Phi) is 2.28. The van der Waals surface area contributed by atoms with Crippen LogP contribution in [0.3, 0.4) is 0 Å². The number of benzene rings is 1. The highest BCUT2D eigenvalue weighted by molar-refractivity contribution is 6.32. The van der Waals surface area contributed by atoms with E-state index in [1.54, 1.807) is 12.1 Å². The second kappa shape index (κ2) is 3.59. The monoisotopic (exact) mass is 207 g/mol. The molecule has 0 radical (unpaired) electrons. The van der Waals surface area contributed by atoms with Crippen molar-refractivity contribution in [2.45, 2.75) is 0 Å². The van der Waals surface area contributed by atoms with Gasteiger partial charge in [0.2, 0.25) is 5.82 Å². The van der Waals surface area contributed by atoms with Crippen molar-refractivity contribution in [3.05, 3.63) is 41.4 Å². The van der Waals surface area contributed by atoms with Crippen LogP contribution in [-0.4, -0.2) is 21.1 Å². The number of carbonyl (C=O) groups excluding carboxylic acids is 1. The molecule has 0 spiro atoms. The number of hydrogen-bond donors (Lipinski definition) is 0. The molecule has 70 valence electrons. The third-order valence-electron chi connectivity index (χ3n) is 1.79. The maximum atomic E-state index is 10.6. The van der Waals surface area contributed by atoms with Crippen molar-refractivity contribution in [1.29, 1.82) is 0 Å². The molecule has 0 aliphatic rings. The van der Waals surface area contributed by atoms with Crippen LogP contribution in [0.15, 0.2) is 30.6 Å². The van der Waals surface area contributed by atoms with E-state index >= 15 is 0 Å². The summed E-state index contributed by atoms with van der Waals surface area (Å²) < 4.78 is 1.54. The molecular weight excluding hydrogens is 202 g/mol. The predicted molar refractivity (Wildman–Crippen MR) is 51.8 cm³/mol. The molecule has 1 aromatic heterocycles. The Morgan fingerprint density at radius 3 is 2.86 bits per heavy atom. The van der Waals surface area contributed by atoms with Gasteiger partial charge in [0.1, 0.15) is 6.33 Å². The van der Waals surface area contributed by atoms with Gasteiger partial charge in [-0.05, 0) is 12.1 Å². The standard InChI is InChI=1S/C9H6ClN3O/c10-7-3-1-2-4-8(7)13-6-11-12-9(13)5-14/h1-6H. The summed E-state index contributed by atoms with van der Waals surface area (Å²) in [5.41, 5.74) is 0.696. The smallest absolute Gasteiger partial charge is 0.201 e. The fraction of sp³-hybridized carbons (Fsp3) is 0. The summed E-state index contributed by atoms with van der Waals surface area (Å²) in [6.45, 7) is 0. The number of aldehydes is 1. The van der Waals surface area contributed by atoms with E-state index in [9.17, 15) is 4.79 Å². The fourth-order valence-corrected chi connectivity index (χ4v) is 1.38. The molecule has 0 N–H and O–H groups in total. The summed E-state index contributed by atoms with van der Waals surface area (Å²) in [5, 5.41) is 7.82. The average molecular weight is 208 g/mol. The van der Waals surface area contributed by atoms with Crippen molar-refractivity contribution >= 4 is 17.9 Å². The molecule has 0 saturated carbocycles. The molecule has 0 fully saturated rings. The Labute approximate surface area is 85.1 Å². The predicted octanol–water partition coefficient (Wildman–Crippen LogP) is 1.73. The molecule has 2 aromatic rings. The number of hydrogen-bond acceptors (Lipinski definition) is 3. The highest BCUT2D eigenvalue weighted by Gasteiger charge is 2.07. The van der Waals surface area contributed by atoms with Crippen LogP contribution in [0.2, 0.25) is 5.02 Å². The quantitative estimate of drug-likeness (QED) is 0.705. The van der Waals surface area contributed by atoms with Crippen LogP contribution < -0.4 is 0 Å². The molecule has 4 nitrogen and oxygen atoms in total. The normalized spacial score (nSPS) is 10.1. The molecule has 0 aliphatic carbocycles. The van der Waals surface area contributed by atoms with Crippen LogP contribution in [-0.2, 0) is 0 Å². The third kappa shape index (κ3) is 1.40. The highest BCUT2D eigenvalue weighted by Crippen LogP contribution is 2.19. The third-order valence-corrected chi connectivity index (χ3v) is 2.11. The zero-order valence-corrected chi connectivity index (χ0v) is 7.85. The van der Waals surface area contributed by atoms with Gasteiger partial charge in [-0.3, -0.25) is 9.36 Å². The van der Waals surface area contributed by atoms with Gasteiger partial charge < -0.3 is 0 Å². The van der Waals surface area contributed by atoms with Crippen molar-refractivity contribution in [1.82, 2.24) is 14.8 Å². The van der Waals surface area contributed by atoms with Crippen molar-refractivity contribution in [3.63, 3.8) is 0 Å². The molecule has 0 saturated heterocycles. The minimum Gasteiger partial charge on any atom is -0.294 e. The second-order valence-corrected chi connectivity index (χ2v) is 3.04. The lowest BCUT2D eigenvalue weighted by atomic mass is 10.3. The lowest BCUT2D eigenvalue weighted by Gasteiger charge is -2.04. The summed E-state index contributed by atoms with van der Waals surface area (Å²) in [6, 6.07) is 7.18. The molecule has 14 heavy (non-hydrogen) atoms. The molecule has 0 atom stereocenters. The van der Waals surface area contributed by atoms with Gasteiger partial charge in [-0.2, -0.15) is 0 Å². The van der Waals surface area contributed by atoms with Gasteiger partial charge >= 0.3 is 0 Å². The Morgan fingerprint density at radius 2 is 2.14 bits per heavy atom. The first-order valence-electron chi connectivity index (χ1n) is 3.93. The van der Waals surface area contributed by atoms with E-state index in [-0.39, 0.29) is 5.82 Å². The number of rotatable bonds is 2. The summed E-state index contributed by atoms with van der Waals surface area (Å²) >= 11 is 5.95. The summed E-state index contributed by atoms with van der Waals surface area (Å²) in [4.78, 5) is 10.6. The topological polar surface area (TPSA) is 47.8 Å². The number of carbonyl (C=O) groups is 1. The molecule has 0 amide bonds. The minimum atomic E-state index is 0.234. The summed E-state index contributed by atoms with van der Waals surface area (Å²) in [6.07, 6.45) is 2.08. The second-order valence-electron chi connectivity index (χ2n) is 2.63. The minimum absolute atomic E-state index is 0.234. The van der Waals surface area contributed by atoms with E-state index in [0.29, 0.717) is 17.0 Å². The van der Waals surface area contributed by atoms with Crippen LogP contribution in [0.1, 0.15) is 10.6 Å². The lowest BCUT2D eigenvalue weighted by Crippen LogP contribution is -1.99. The van der Waals surface area contributed by atoms with E-state index < -0.39 is 0 Å². The number of aromatic nitrogens is 3. The Hall–Kier alpha value is -1.68. The molecule has 0 unspecified atom stereocenters. The van der Waals surface area contributed by atoms with Crippen molar-refractivity contribution < 1.29 is 4.79 Å². The number of nitrogens with zero attached hydrogens (tertiary/aromatic N) is 3. The van der Waals surface area contributed by atoms with Crippen molar-refractivity contribution in [2.75, 3.05) is 0 Å². The largest absolute Gasteiger partial charge is 0.294 e. The van der Waals surface area contributed by atoms with Gasteiger partial charge in [0, 0.05) is 0 Å². The highest BCUT2D eigenvalue weighted by atomic mass is 35.5. The van der Waals surface area contributed by atoms with Gasteiger partial charge in [0.05, 0.1) is 10.7 Å². The molecular formula is C9H6ClN3O. The Morgan fingerprint density at radius 1 is 1.36 bits per heavy atom. The van der Waals surface area contributed by atoms with E-state index in [1.165, 1.54) is 10.9 Å². The fourth-order valence-electron chi connectivity index (χ4n) is 1.16. The van der Waals surface area contributed by atoms with Gasteiger partial charge in [-0.25, -0.2) is 0 Å². The van der Waals surface area contributed by atoms with Crippen molar-refractivity contribution in [2.24, 2.45) is 0 Å². The van der Waals surface area contributed by atoms with Gasteiger partial charge in [0.15, 0.2) is 6.29 Å².